The summed E-state index contributed by atoms with van der Waals surface area (Å²) in [5.41, 5.74) is 1.11. The second-order valence-electron chi connectivity index (χ2n) is 6.19. The number of alkyl halides is 2. The zero-order valence-corrected chi connectivity index (χ0v) is 14.9. The van der Waals surface area contributed by atoms with Crippen LogP contribution in [0.15, 0.2) is 40.9 Å². The molecule has 0 atom stereocenters. The average molecular weight is 367 g/mol. The van der Waals surface area contributed by atoms with Gasteiger partial charge in [0.15, 0.2) is 0 Å². The molecule has 1 N–H and O–H groups in total. The number of piperidine rings is 1. The minimum atomic E-state index is -2.36. The summed E-state index contributed by atoms with van der Waals surface area (Å²) in [5.74, 6) is -0.736. The highest BCUT2D eigenvalue weighted by Gasteiger charge is 2.19. The molecule has 3 heterocycles. The van der Waals surface area contributed by atoms with Gasteiger partial charge in [-0.3, -0.25) is 9.88 Å². The fraction of sp³-hybridized carbons (Fsp3) is 0.500. The molecule has 3 rings (SSSR count). The zero-order valence-electron chi connectivity index (χ0n) is 14.0. The highest BCUT2D eigenvalue weighted by molar-refractivity contribution is 7.98. The van der Waals surface area contributed by atoms with Crippen LogP contribution in [0, 0.1) is 0 Å². The minimum absolute atomic E-state index is 0.212. The number of thioether (sulfide) groups is 1. The van der Waals surface area contributed by atoms with Gasteiger partial charge in [0.1, 0.15) is 11.5 Å². The fourth-order valence-electron chi connectivity index (χ4n) is 3.00. The van der Waals surface area contributed by atoms with E-state index in [-0.39, 0.29) is 5.75 Å². The Morgan fingerprint density at radius 1 is 1.20 bits per heavy atom. The summed E-state index contributed by atoms with van der Waals surface area (Å²) in [6.45, 7) is 3.63. The van der Waals surface area contributed by atoms with Gasteiger partial charge in [0.05, 0.1) is 18.0 Å². The van der Waals surface area contributed by atoms with E-state index in [9.17, 15) is 8.78 Å². The standard InChI is InChI=1S/C18H23F2N3OS/c19-18(20)25-13-17-5-4-16(24-17)11-22-14-6-9-23(10-7-14)12-15-3-1-2-8-21-15/h1-5,8,14,18,22H,6-7,9-13H2. The molecule has 1 aliphatic rings. The van der Waals surface area contributed by atoms with Crippen LogP contribution in [-0.2, 0) is 18.8 Å². The minimum Gasteiger partial charge on any atom is -0.464 e. The molecule has 136 valence electrons. The Balaban J connectivity index is 1.36. The zero-order chi connectivity index (χ0) is 17.5. The van der Waals surface area contributed by atoms with Gasteiger partial charge in [-0.05, 0) is 37.1 Å². The lowest BCUT2D eigenvalue weighted by atomic mass is 10.0. The number of nitrogens with one attached hydrogen (secondary N) is 1. The highest BCUT2D eigenvalue weighted by Crippen LogP contribution is 2.21. The average Bonchev–Trinajstić information content (AvgIpc) is 3.08. The summed E-state index contributed by atoms with van der Waals surface area (Å²) < 4.78 is 30.0. The molecule has 4 nitrogen and oxygen atoms in total. The second-order valence-corrected chi connectivity index (χ2v) is 7.17. The maximum absolute atomic E-state index is 12.2. The molecule has 0 bridgehead atoms. The van der Waals surface area contributed by atoms with Crippen LogP contribution in [-0.4, -0.2) is 34.8 Å². The van der Waals surface area contributed by atoms with Crippen LogP contribution in [0.3, 0.4) is 0 Å². The third-order valence-corrected chi connectivity index (χ3v) is 5.04. The third kappa shape index (κ3) is 6.09. The first-order valence-electron chi connectivity index (χ1n) is 8.52. The Morgan fingerprint density at radius 2 is 2.00 bits per heavy atom. The summed E-state index contributed by atoms with van der Waals surface area (Å²) in [7, 11) is 0. The van der Waals surface area contributed by atoms with E-state index in [1.54, 1.807) is 6.07 Å². The topological polar surface area (TPSA) is 41.3 Å². The number of aromatic nitrogens is 1. The van der Waals surface area contributed by atoms with Crippen molar-refractivity contribution in [2.45, 2.75) is 43.5 Å². The summed E-state index contributed by atoms with van der Waals surface area (Å²) in [5, 5.41) is 3.51. The first-order valence-corrected chi connectivity index (χ1v) is 9.57. The molecule has 0 aromatic carbocycles. The van der Waals surface area contributed by atoms with Crippen molar-refractivity contribution in [1.82, 2.24) is 15.2 Å². The van der Waals surface area contributed by atoms with Crippen LogP contribution in [0.25, 0.3) is 0 Å². The van der Waals surface area contributed by atoms with Crippen molar-refractivity contribution in [3.63, 3.8) is 0 Å². The smallest absolute Gasteiger partial charge is 0.284 e. The summed E-state index contributed by atoms with van der Waals surface area (Å²) in [6.07, 6.45) is 4.00. The molecular weight excluding hydrogens is 344 g/mol. The van der Waals surface area contributed by atoms with Gasteiger partial charge in [-0.15, -0.1) is 0 Å². The first-order chi connectivity index (χ1) is 12.2. The Kier molecular flexibility index (Phi) is 6.84. The van der Waals surface area contributed by atoms with Crippen molar-refractivity contribution >= 4 is 11.8 Å². The van der Waals surface area contributed by atoms with Gasteiger partial charge in [0.25, 0.3) is 5.76 Å². The number of likely N-dealkylation sites (tertiary alicyclic amines) is 1. The Bertz CT molecular complexity index is 630. The van der Waals surface area contributed by atoms with E-state index in [1.807, 2.05) is 24.4 Å². The van der Waals surface area contributed by atoms with Crippen LogP contribution < -0.4 is 5.32 Å². The van der Waals surface area contributed by atoms with Crippen molar-refractivity contribution in [1.29, 1.82) is 0 Å². The molecule has 0 saturated carbocycles. The largest absolute Gasteiger partial charge is 0.464 e. The molecule has 25 heavy (non-hydrogen) atoms. The predicted octanol–water partition coefficient (Wildman–Crippen LogP) is 3.88. The van der Waals surface area contributed by atoms with Crippen LogP contribution >= 0.6 is 11.8 Å². The Hall–Kier alpha value is -1.44. The molecule has 0 radical (unpaired) electrons. The van der Waals surface area contributed by atoms with Crippen LogP contribution in [0.5, 0.6) is 0 Å². The summed E-state index contributed by atoms with van der Waals surface area (Å²) in [6, 6.07) is 10.1. The maximum Gasteiger partial charge on any atom is 0.284 e. The number of nitrogens with zero attached hydrogens (tertiary/aromatic N) is 2. The molecule has 0 amide bonds. The monoisotopic (exact) mass is 367 g/mol. The van der Waals surface area contributed by atoms with Gasteiger partial charge >= 0.3 is 0 Å². The maximum atomic E-state index is 12.2. The van der Waals surface area contributed by atoms with Crippen molar-refractivity contribution < 1.29 is 13.2 Å². The van der Waals surface area contributed by atoms with Crippen molar-refractivity contribution in [2.24, 2.45) is 0 Å². The molecule has 0 spiro atoms. The van der Waals surface area contributed by atoms with E-state index in [0.717, 1.165) is 43.9 Å². The molecule has 0 unspecified atom stereocenters. The number of rotatable bonds is 8. The molecular formula is C18H23F2N3OS. The Labute approximate surface area is 151 Å². The van der Waals surface area contributed by atoms with E-state index in [0.29, 0.717) is 30.1 Å². The SMILES string of the molecule is FC(F)SCc1ccc(CNC2CCN(Cc3ccccn3)CC2)o1. The van der Waals surface area contributed by atoms with Gasteiger partial charge in [0, 0.05) is 31.9 Å². The lowest BCUT2D eigenvalue weighted by molar-refractivity contribution is 0.187. The van der Waals surface area contributed by atoms with Crippen molar-refractivity contribution in [3.05, 3.63) is 53.7 Å². The quantitative estimate of drug-likeness (QED) is 0.767. The van der Waals surface area contributed by atoms with E-state index in [1.165, 1.54) is 0 Å². The number of hydrogen-bond acceptors (Lipinski definition) is 5. The lowest BCUT2D eigenvalue weighted by Crippen LogP contribution is -2.41. The van der Waals surface area contributed by atoms with Gasteiger partial charge in [-0.1, -0.05) is 17.8 Å². The fourth-order valence-corrected chi connectivity index (χ4v) is 3.45. The molecule has 1 saturated heterocycles. The second kappa shape index (κ2) is 9.31. The van der Waals surface area contributed by atoms with Crippen LogP contribution in [0.1, 0.15) is 30.1 Å². The van der Waals surface area contributed by atoms with Crippen molar-refractivity contribution in [3.8, 4) is 0 Å². The predicted molar refractivity (Wildman–Crippen MR) is 95.4 cm³/mol. The van der Waals surface area contributed by atoms with Crippen LogP contribution in [0.4, 0.5) is 8.78 Å². The van der Waals surface area contributed by atoms with Gasteiger partial charge < -0.3 is 9.73 Å². The van der Waals surface area contributed by atoms with Crippen molar-refractivity contribution in [2.75, 3.05) is 13.1 Å². The van der Waals surface area contributed by atoms with Crippen LogP contribution in [0.2, 0.25) is 0 Å². The van der Waals surface area contributed by atoms with E-state index < -0.39 is 5.76 Å². The lowest BCUT2D eigenvalue weighted by Gasteiger charge is -2.32. The molecule has 2 aromatic heterocycles. The molecule has 2 aromatic rings. The number of furan rings is 1. The van der Waals surface area contributed by atoms with E-state index in [4.69, 9.17) is 4.42 Å². The highest BCUT2D eigenvalue weighted by atomic mass is 32.2. The van der Waals surface area contributed by atoms with E-state index >= 15 is 0 Å². The first kappa shape index (κ1) is 18.4. The number of hydrogen-bond donors (Lipinski definition) is 1. The normalized spacial score (nSPS) is 16.6. The molecule has 7 heteroatoms. The molecule has 1 aliphatic heterocycles. The molecule has 0 aliphatic carbocycles. The third-order valence-electron chi connectivity index (χ3n) is 4.33. The van der Waals surface area contributed by atoms with Gasteiger partial charge in [0.2, 0.25) is 0 Å². The summed E-state index contributed by atoms with van der Waals surface area (Å²) in [4.78, 5) is 6.80. The van der Waals surface area contributed by atoms with Gasteiger partial charge in [-0.2, -0.15) is 8.78 Å². The summed E-state index contributed by atoms with van der Waals surface area (Å²) >= 11 is 0.587. The van der Waals surface area contributed by atoms with Gasteiger partial charge in [-0.25, -0.2) is 0 Å². The molecule has 1 fully saturated rings. The van der Waals surface area contributed by atoms with E-state index in [2.05, 4.69) is 21.3 Å². The number of pyridine rings is 1. The number of halogens is 2. The Morgan fingerprint density at radius 3 is 2.72 bits per heavy atom.